The third kappa shape index (κ3) is 1.56. The van der Waals surface area contributed by atoms with Gasteiger partial charge in [0.1, 0.15) is 5.52 Å². The molecule has 0 saturated heterocycles. The average molecular weight is 220 g/mol. The topological polar surface area (TPSA) is 62.2 Å². The maximum atomic E-state index is 13.7. The van der Waals surface area contributed by atoms with E-state index in [1.807, 2.05) is 0 Å². The van der Waals surface area contributed by atoms with E-state index < -0.39 is 11.8 Å². The van der Waals surface area contributed by atoms with Crippen LogP contribution in [0.5, 0.6) is 5.75 Å². The molecule has 0 unspecified atom stereocenters. The largest absolute Gasteiger partial charge is 0.545 e. The van der Waals surface area contributed by atoms with Gasteiger partial charge in [-0.05, 0) is 18.2 Å². The van der Waals surface area contributed by atoms with Crippen molar-refractivity contribution in [2.45, 2.75) is 0 Å². The molecule has 4 nitrogen and oxygen atoms in total. The Kier molecular flexibility index (Phi) is 2.44. The summed E-state index contributed by atoms with van der Waals surface area (Å²) in [5.74, 6) is -1.88. The van der Waals surface area contributed by atoms with Gasteiger partial charge in [0.05, 0.1) is 13.1 Å². The normalized spacial score (nSPS) is 10.4. The van der Waals surface area contributed by atoms with Crippen LogP contribution in [0.25, 0.3) is 10.9 Å². The van der Waals surface area contributed by atoms with Gasteiger partial charge in [0.25, 0.3) is 0 Å². The molecule has 0 atom stereocenters. The Morgan fingerprint density at radius 3 is 2.88 bits per heavy atom. The molecule has 82 valence electrons. The fourth-order valence-corrected chi connectivity index (χ4v) is 1.42. The van der Waals surface area contributed by atoms with Crippen molar-refractivity contribution in [3.63, 3.8) is 0 Å². The van der Waals surface area contributed by atoms with Gasteiger partial charge in [-0.3, -0.25) is 4.98 Å². The Hall–Kier alpha value is -2.17. The molecule has 1 aromatic carbocycles. The van der Waals surface area contributed by atoms with Gasteiger partial charge in [-0.1, -0.05) is 0 Å². The quantitative estimate of drug-likeness (QED) is 0.749. The van der Waals surface area contributed by atoms with Gasteiger partial charge < -0.3 is 14.6 Å². The summed E-state index contributed by atoms with van der Waals surface area (Å²) < 4.78 is 18.4. The molecule has 0 bridgehead atoms. The number of methoxy groups -OCH3 is 1. The average Bonchev–Trinajstić information content (AvgIpc) is 2.29. The number of carbonyl (C=O) groups is 1. The van der Waals surface area contributed by atoms with E-state index >= 15 is 0 Å². The molecule has 0 spiro atoms. The van der Waals surface area contributed by atoms with Crippen LogP contribution in [-0.2, 0) is 0 Å². The molecule has 0 aliphatic heterocycles. The highest BCUT2D eigenvalue weighted by Crippen LogP contribution is 2.24. The number of pyridine rings is 1. The van der Waals surface area contributed by atoms with E-state index in [4.69, 9.17) is 4.74 Å². The molecule has 1 aromatic heterocycles. The molecule has 0 aliphatic carbocycles. The molecule has 5 heteroatoms. The zero-order valence-corrected chi connectivity index (χ0v) is 8.36. The van der Waals surface area contributed by atoms with E-state index in [-0.39, 0.29) is 16.8 Å². The smallest absolute Gasteiger partial charge is 0.191 e. The second kappa shape index (κ2) is 3.77. The molecule has 0 saturated carbocycles. The maximum absolute atomic E-state index is 13.7. The zero-order valence-electron chi connectivity index (χ0n) is 8.36. The monoisotopic (exact) mass is 220 g/mol. The molecule has 0 amide bonds. The van der Waals surface area contributed by atoms with Crippen LogP contribution in [0.1, 0.15) is 10.4 Å². The van der Waals surface area contributed by atoms with Crippen LogP contribution in [0, 0.1) is 5.82 Å². The maximum Gasteiger partial charge on any atom is 0.191 e. The van der Waals surface area contributed by atoms with Crippen molar-refractivity contribution in [2.24, 2.45) is 0 Å². The van der Waals surface area contributed by atoms with E-state index in [1.54, 1.807) is 0 Å². The summed E-state index contributed by atoms with van der Waals surface area (Å²) in [4.78, 5) is 14.3. The van der Waals surface area contributed by atoms with Crippen molar-refractivity contribution in [1.29, 1.82) is 0 Å². The number of aromatic nitrogens is 1. The lowest BCUT2D eigenvalue weighted by Crippen LogP contribution is -2.22. The summed E-state index contributed by atoms with van der Waals surface area (Å²) >= 11 is 0. The van der Waals surface area contributed by atoms with Crippen molar-refractivity contribution in [1.82, 2.24) is 4.98 Å². The Labute approximate surface area is 90.3 Å². The second-order valence-corrected chi connectivity index (χ2v) is 3.16. The summed E-state index contributed by atoms with van der Waals surface area (Å²) in [6.07, 6.45) is 1.06. The number of halogens is 1. The minimum Gasteiger partial charge on any atom is -0.545 e. The predicted molar refractivity (Wildman–Crippen MR) is 52.6 cm³/mol. The van der Waals surface area contributed by atoms with E-state index in [2.05, 4.69) is 4.98 Å². The molecule has 0 N–H and O–H groups in total. The summed E-state index contributed by atoms with van der Waals surface area (Å²) in [5, 5.41) is 11.0. The summed E-state index contributed by atoms with van der Waals surface area (Å²) in [6.45, 7) is 0. The van der Waals surface area contributed by atoms with Crippen LogP contribution in [-0.4, -0.2) is 18.1 Å². The van der Waals surface area contributed by atoms with Gasteiger partial charge in [-0.15, -0.1) is 0 Å². The van der Waals surface area contributed by atoms with Crippen molar-refractivity contribution < 1.29 is 19.0 Å². The van der Waals surface area contributed by atoms with Gasteiger partial charge in [0.15, 0.2) is 11.6 Å². The molecular weight excluding hydrogens is 213 g/mol. The van der Waals surface area contributed by atoms with E-state index in [1.165, 1.54) is 25.3 Å². The van der Waals surface area contributed by atoms with Gasteiger partial charge in [-0.2, -0.15) is 0 Å². The highest BCUT2D eigenvalue weighted by atomic mass is 19.1. The first kappa shape index (κ1) is 10.4. The summed E-state index contributed by atoms with van der Waals surface area (Å²) in [7, 11) is 1.35. The molecular formula is C11H7FNO3-. The number of benzene rings is 1. The van der Waals surface area contributed by atoms with Crippen molar-refractivity contribution in [2.75, 3.05) is 7.11 Å². The zero-order chi connectivity index (χ0) is 11.7. The number of carboxylic acids is 1. The first-order valence-corrected chi connectivity index (χ1v) is 4.47. The molecule has 2 rings (SSSR count). The number of hydrogen-bond donors (Lipinski definition) is 0. The minimum absolute atomic E-state index is 0.0706. The van der Waals surface area contributed by atoms with Gasteiger partial charge in [0.2, 0.25) is 0 Å². The fourth-order valence-electron chi connectivity index (χ4n) is 1.42. The van der Waals surface area contributed by atoms with Gasteiger partial charge in [0, 0.05) is 17.1 Å². The lowest BCUT2D eigenvalue weighted by molar-refractivity contribution is -0.255. The van der Waals surface area contributed by atoms with Gasteiger partial charge >= 0.3 is 0 Å². The van der Waals surface area contributed by atoms with E-state index in [0.29, 0.717) is 5.39 Å². The number of rotatable bonds is 2. The molecule has 1 heterocycles. The molecule has 0 radical (unpaired) electrons. The van der Waals surface area contributed by atoms with E-state index in [9.17, 15) is 14.3 Å². The molecule has 2 aromatic rings. The molecule has 0 fully saturated rings. The first-order chi connectivity index (χ1) is 7.63. The third-order valence-corrected chi connectivity index (χ3v) is 2.21. The number of fused-ring (bicyclic) bond motifs is 1. The van der Waals surface area contributed by atoms with Gasteiger partial charge in [-0.25, -0.2) is 4.39 Å². The van der Waals surface area contributed by atoms with Crippen LogP contribution in [0.4, 0.5) is 4.39 Å². The van der Waals surface area contributed by atoms with Crippen molar-refractivity contribution in [3.05, 3.63) is 35.8 Å². The summed E-state index contributed by atoms with van der Waals surface area (Å²) in [5.41, 5.74) is -0.0126. The number of aromatic carboxylic acids is 1. The number of ether oxygens (including phenoxy) is 1. The summed E-state index contributed by atoms with van der Waals surface area (Å²) in [6, 6.07) is 4.26. The lowest BCUT2D eigenvalue weighted by atomic mass is 10.1. The Morgan fingerprint density at radius 2 is 2.25 bits per heavy atom. The molecule has 0 aliphatic rings. The van der Waals surface area contributed by atoms with Crippen LogP contribution in [0.3, 0.4) is 0 Å². The van der Waals surface area contributed by atoms with Crippen LogP contribution < -0.4 is 9.84 Å². The number of hydrogen-bond acceptors (Lipinski definition) is 4. The Morgan fingerprint density at radius 1 is 1.50 bits per heavy atom. The number of carboxylic acid groups (broad SMARTS) is 1. The van der Waals surface area contributed by atoms with Crippen LogP contribution >= 0.6 is 0 Å². The standard InChI is InChI=1S/C11H8FNO3/c1-16-8-3-2-6-4-7(11(14)15)5-13-10(6)9(8)12/h2-5H,1H3,(H,14,15)/p-1. The van der Waals surface area contributed by atoms with E-state index in [0.717, 1.165) is 6.20 Å². The predicted octanol–water partition coefficient (Wildman–Crippen LogP) is 0.746. The SMILES string of the molecule is COc1ccc2cc(C(=O)[O-])cnc2c1F. The lowest BCUT2D eigenvalue weighted by Gasteiger charge is -2.06. The minimum atomic E-state index is -1.34. The number of nitrogens with zero attached hydrogens (tertiary/aromatic N) is 1. The van der Waals surface area contributed by atoms with Crippen molar-refractivity contribution in [3.8, 4) is 5.75 Å². The second-order valence-electron chi connectivity index (χ2n) is 3.16. The highest BCUT2D eigenvalue weighted by molar-refractivity contribution is 5.91. The Balaban J connectivity index is 2.69. The van der Waals surface area contributed by atoms with Crippen LogP contribution in [0.2, 0.25) is 0 Å². The highest BCUT2D eigenvalue weighted by Gasteiger charge is 2.09. The number of carbonyl (C=O) groups excluding carboxylic acids is 1. The first-order valence-electron chi connectivity index (χ1n) is 4.47. The van der Waals surface area contributed by atoms with Crippen molar-refractivity contribution >= 4 is 16.9 Å². The third-order valence-electron chi connectivity index (χ3n) is 2.21. The van der Waals surface area contributed by atoms with Crippen LogP contribution in [0.15, 0.2) is 24.4 Å². The Bertz CT molecular complexity index is 568. The fraction of sp³-hybridized carbons (Fsp3) is 0.0909. The molecule has 16 heavy (non-hydrogen) atoms.